The van der Waals surface area contributed by atoms with Crippen molar-refractivity contribution >= 4 is 33.4 Å². The lowest BCUT2D eigenvalue weighted by molar-refractivity contribution is -0.385. The van der Waals surface area contributed by atoms with Crippen molar-refractivity contribution in [3.05, 3.63) is 26.9 Å². The van der Waals surface area contributed by atoms with E-state index < -0.39 is 16.6 Å². The number of carbonyl (C=O) groups excluding carboxylic acids is 1. The van der Waals surface area contributed by atoms with E-state index in [1.165, 1.54) is 6.07 Å². The number of rotatable bonds is 3. The summed E-state index contributed by atoms with van der Waals surface area (Å²) in [4.78, 5) is 25.6. The average molecular weight is 330 g/mol. The lowest BCUT2D eigenvalue weighted by Gasteiger charge is -2.14. The van der Waals surface area contributed by atoms with Gasteiger partial charge in [-0.3, -0.25) is 10.1 Å². The number of halogens is 1. The topological polar surface area (TPSA) is 94.4 Å². The molecule has 1 saturated heterocycles. The monoisotopic (exact) mass is 329 g/mol. The highest BCUT2D eigenvalue weighted by Gasteiger charge is 2.40. The molecule has 0 aromatic carbocycles. The number of pyridine rings is 1. The van der Waals surface area contributed by atoms with Gasteiger partial charge < -0.3 is 10.1 Å². The van der Waals surface area contributed by atoms with Crippen LogP contribution in [0.25, 0.3) is 0 Å². The Bertz CT molecular complexity index is 547. The Morgan fingerprint density at radius 3 is 2.79 bits per heavy atom. The van der Waals surface area contributed by atoms with Gasteiger partial charge in [0.1, 0.15) is 23.7 Å². The highest BCUT2D eigenvalue weighted by Crippen LogP contribution is 2.30. The van der Waals surface area contributed by atoms with E-state index in [1.807, 2.05) is 13.8 Å². The van der Waals surface area contributed by atoms with Crippen molar-refractivity contribution in [2.24, 2.45) is 0 Å². The summed E-state index contributed by atoms with van der Waals surface area (Å²) < 4.78 is 5.61. The van der Waals surface area contributed by atoms with Crippen LogP contribution in [0.15, 0.2) is 16.7 Å². The number of esters is 1. The minimum absolute atomic E-state index is 0.119. The van der Waals surface area contributed by atoms with Gasteiger partial charge in [-0.2, -0.15) is 0 Å². The lowest BCUT2D eigenvalue weighted by atomic mass is 10.0. The average Bonchev–Trinajstić information content (AvgIpc) is 2.54. The number of nitrogens with one attached hydrogen (secondary N) is 1. The van der Waals surface area contributed by atoms with Crippen molar-refractivity contribution in [2.45, 2.75) is 31.9 Å². The van der Waals surface area contributed by atoms with Crippen molar-refractivity contribution in [1.82, 2.24) is 4.98 Å². The Hall–Kier alpha value is -1.70. The molecule has 0 saturated carbocycles. The van der Waals surface area contributed by atoms with Gasteiger partial charge in [-0.05, 0) is 29.8 Å². The molecule has 0 spiro atoms. The van der Waals surface area contributed by atoms with Gasteiger partial charge in [0.05, 0.1) is 9.40 Å². The van der Waals surface area contributed by atoms with Crippen LogP contribution < -0.4 is 5.32 Å². The summed E-state index contributed by atoms with van der Waals surface area (Å²) in [5.74, 6) is 0.0299. The molecule has 8 heteroatoms. The number of anilines is 1. The highest BCUT2D eigenvalue weighted by molar-refractivity contribution is 9.10. The molecule has 102 valence electrons. The molecule has 1 fully saturated rings. The Morgan fingerprint density at radius 1 is 1.63 bits per heavy atom. The zero-order valence-corrected chi connectivity index (χ0v) is 11.9. The Balaban J connectivity index is 2.16. The summed E-state index contributed by atoms with van der Waals surface area (Å²) in [7, 11) is 0. The molecule has 1 aliphatic rings. The van der Waals surface area contributed by atoms with Crippen LogP contribution in [0.4, 0.5) is 11.5 Å². The fraction of sp³-hybridized carbons (Fsp3) is 0.455. The van der Waals surface area contributed by atoms with Crippen LogP contribution in [0.3, 0.4) is 0 Å². The molecule has 1 atom stereocenters. The van der Waals surface area contributed by atoms with Crippen LogP contribution in [-0.2, 0) is 9.53 Å². The predicted molar refractivity (Wildman–Crippen MR) is 70.8 cm³/mol. The molecule has 1 aromatic rings. The van der Waals surface area contributed by atoms with E-state index in [-0.39, 0.29) is 11.7 Å². The highest BCUT2D eigenvalue weighted by atomic mass is 79.9. The molecule has 0 unspecified atom stereocenters. The summed E-state index contributed by atoms with van der Waals surface area (Å²) >= 11 is 3.19. The van der Waals surface area contributed by atoms with Crippen molar-refractivity contribution in [3.63, 3.8) is 0 Å². The molecule has 19 heavy (non-hydrogen) atoms. The number of hydrogen-bond donors (Lipinski definition) is 1. The molecule has 1 N–H and O–H groups in total. The van der Waals surface area contributed by atoms with Crippen LogP contribution in [-0.4, -0.2) is 27.5 Å². The third-order valence-corrected chi connectivity index (χ3v) is 3.31. The number of carbonyl (C=O) groups is 1. The quantitative estimate of drug-likeness (QED) is 0.519. The third kappa shape index (κ3) is 3.01. The fourth-order valence-corrected chi connectivity index (χ4v) is 2.32. The standard InChI is InChI=1S/C11H12BrN3O4/c1-11(2)4-8(10(16)19-11)14-9-7(12)3-6(5-13-9)15(17)18/h3,5,8H,4H2,1-2H3,(H,13,14)/t8-/m0/s1. The summed E-state index contributed by atoms with van der Waals surface area (Å²) in [5, 5.41) is 13.5. The smallest absolute Gasteiger partial charge is 0.329 e. The molecular formula is C11H12BrN3O4. The zero-order chi connectivity index (χ0) is 14.2. The van der Waals surface area contributed by atoms with E-state index in [1.54, 1.807) is 0 Å². The Kier molecular flexibility index (Phi) is 3.44. The number of hydrogen-bond acceptors (Lipinski definition) is 6. The molecule has 1 aliphatic heterocycles. The Morgan fingerprint density at radius 2 is 2.32 bits per heavy atom. The van der Waals surface area contributed by atoms with E-state index >= 15 is 0 Å². The second-order valence-electron chi connectivity index (χ2n) is 4.86. The minimum atomic E-state index is -0.533. The maximum Gasteiger partial charge on any atom is 0.329 e. The number of nitrogens with zero attached hydrogens (tertiary/aromatic N) is 2. The molecular weight excluding hydrogens is 318 g/mol. The molecule has 0 radical (unpaired) electrons. The second-order valence-corrected chi connectivity index (χ2v) is 5.72. The molecule has 0 aliphatic carbocycles. The zero-order valence-electron chi connectivity index (χ0n) is 10.3. The number of cyclic esters (lactones) is 1. The van der Waals surface area contributed by atoms with E-state index in [2.05, 4.69) is 26.2 Å². The van der Waals surface area contributed by atoms with Crippen molar-refractivity contribution in [1.29, 1.82) is 0 Å². The van der Waals surface area contributed by atoms with E-state index in [9.17, 15) is 14.9 Å². The molecule has 0 amide bonds. The van der Waals surface area contributed by atoms with Gasteiger partial charge in [0, 0.05) is 12.5 Å². The minimum Gasteiger partial charge on any atom is -0.458 e. The first-order chi connectivity index (χ1) is 8.78. The van der Waals surface area contributed by atoms with Crippen molar-refractivity contribution < 1.29 is 14.5 Å². The van der Waals surface area contributed by atoms with Crippen molar-refractivity contribution in [2.75, 3.05) is 5.32 Å². The van der Waals surface area contributed by atoms with Gasteiger partial charge in [0.15, 0.2) is 0 Å². The second kappa shape index (κ2) is 4.76. The summed E-state index contributed by atoms with van der Waals surface area (Å²) in [5.41, 5.74) is -0.631. The maximum atomic E-state index is 11.6. The SMILES string of the molecule is CC1(C)C[C@H](Nc2ncc([N+](=O)[O-])cc2Br)C(=O)O1. The van der Waals surface area contributed by atoms with Crippen molar-refractivity contribution in [3.8, 4) is 0 Å². The summed E-state index contributed by atoms with van der Waals surface area (Å²) in [6.45, 7) is 3.65. The van der Waals surface area contributed by atoms with Crippen LogP contribution in [0.2, 0.25) is 0 Å². The van der Waals surface area contributed by atoms with Crippen LogP contribution in [0.1, 0.15) is 20.3 Å². The fourth-order valence-electron chi connectivity index (χ4n) is 1.87. The van der Waals surface area contributed by atoms with Crippen LogP contribution >= 0.6 is 15.9 Å². The van der Waals surface area contributed by atoms with Gasteiger partial charge >= 0.3 is 5.97 Å². The lowest BCUT2D eigenvalue weighted by Crippen LogP contribution is -2.25. The van der Waals surface area contributed by atoms with Gasteiger partial charge in [-0.1, -0.05) is 0 Å². The van der Waals surface area contributed by atoms with Gasteiger partial charge in [-0.25, -0.2) is 9.78 Å². The maximum absolute atomic E-state index is 11.6. The first kappa shape index (κ1) is 13.7. The van der Waals surface area contributed by atoms with E-state index in [0.717, 1.165) is 6.20 Å². The molecule has 7 nitrogen and oxygen atoms in total. The largest absolute Gasteiger partial charge is 0.458 e. The number of nitro groups is 1. The van der Waals surface area contributed by atoms with Crippen LogP contribution in [0, 0.1) is 10.1 Å². The van der Waals surface area contributed by atoms with E-state index in [0.29, 0.717) is 16.7 Å². The summed E-state index contributed by atoms with van der Waals surface area (Å²) in [6.07, 6.45) is 1.65. The molecule has 1 aromatic heterocycles. The van der Waals surface area contributed by atoms with Crippen LogP contribution in [0.5, 0.6) is 0 Å². The summed E-state index contributed by atoms with van der Waals surface area (Å²) in [6, 6.07) is 0.834. The number of aromatic nitrogens is 1. The molecule has 0 bridgehead atoms. The molecule has 2 rings (SSSR count). The molecule has 2 heterocycles. The first-order valence-electron chi connectivity index (χ1n) is 5.58. The normalized spacial score (nSPS) is 21.0. The van der Waals surface area contributed by atoms with Gasteiger partial charge in [-0.15, -0.1) is 0 Å². The van der Waals surface area contributed by atoms with E-state index in [4.69, 9.17) is 4.74 Å². The third-order valence-electron chi connectivity index (χ3n) is 2.71. The number of ether oxygens (including phenoxy) is 1. The Labute approximate surface area is 117 Å². The first-order valence-corrected chi connectivity index (χ1v) is 6.37. The van der Waals surface area contributed by atoms with Gasteiger partial charge in [0.2, 0.25) is 0 Å². The predicted octanol–water partition coefficient (Wildman–Crippen LogP) is 2.26. The van der Waals surface area contributed by atoms with Gasteiger partial charge in [0.25, 0.3) is 5.69 Å².